The van der Waals surface area contributed by atoms with E-state index in [0.717, 1.165) is 19.4 Å². The molecule has 0 unspecified atom stereocenters. The first-order valence-electron chi connectivity index (χ1n) is 5.01. The Labute approximate surface area is 86.2 Å². The minimum absolute atomic E-state index is 0.226. The molecule has 3 N–H and O–H groups in total. The van der Waals surface area contributed by atoms with Gasteiger partial charge in [-0.3, -0.25) is 0 Å². The maximum absolute atomic E-state index is 11.1. The molecule has 0 radical (unpaired) electrons. The molecule has 0 spiro atoms. The summed E-state index contributed by atoms with van der Waals surface area (Å²) in [6, 6.07) is 0.321. The number of sulfone groups is 1. The average molecular weight is 220 g/mol. The van der Waals surface area contributed by atoms with Gasteiger partial charge in [0.15, 0.2) is 0 Å². The molecule has 0 bridgehead atoms. The van der Waals surface area contributed by atoms with E-state index in [1.54, 1.807) is 0 Å². The van der Waals surface area contributed by atoms with Gasteiger partial charge in [-0.05, 0) is 26.7 Å². The third-order valence-corrected chi connectivity index (χ3v) is 4.12. The summed E-state index contributed by atoms with van der Waals surface area (Å²) in [5.41, 5.74) is 5.60. The Balaban J connectivity index is 2.30. The SMILES string of the molecule is CC(C)(N)CNC1CCS(=O)(=O)CC1. The number of hydrogen-bond donors (Lipinski definition) is 2. The molecule has 1 fully saturated rings. The molecule has 5 heteroatoms. The molecule has 1 aliphatic rings. The third kappa shape index (κ3) is 4.39. The Morgan fingerprint density at radius 2 is 1.86 bits per heavy atom. The average Bonchev–Trinajstić information content (AvgIpc) is 2.01. The summed E-state index contributed by atoms with van der Waals surface area (Å²) in [6.45, 7) is 4.65. The largest absolute Gasteiger partial charge is 0.324 e. The molecule has 14 heavy (non-hydrogen) atoms. The highest BCUT2D eigenvalue weighted by molar-refractivity contribution is 7.91. The fourth-order valence-corrected chi connectivity index (χ4v) is 2.99. The molecule has 0 atom stereocenters. The Morgan fingerprint density at radius 1 is 1.36 bits per heavy atom. The fraction of sp³-hybridized carbons (Fsp3) is 1.00. The van der Waals surface area contributed by atoms with Crippen LogP contribution in [0.5, 0.6) is 0 Å². The number of nitrogens with one attached hydrogen (secondary N) is 1. The topological polar surface area (TPSA) is 72.2 Å². The van der Waals surface area contributed by atoms with Crippen LogP contribution >= 0.6 is 0 Å². The van der Waals surface area contributed by atoms with E-state index in [-0.39, 0.29) is 5.54 Å². The molecule has 0 aromatic heterocycles. The first-order chi connectivity index (χ1) is 6.29. The summed E-state index contributed by atoms with van der Waals surface area (Å²) in [6.07, 6.45) is 1.44. The lowest BCUT2D eigenvalue weighted by molar-refractivity contribution is 0.396. The normalized spacial score (nSPS) is 23.6. The van der Waals surface area contributed by atoms with Gasteiger partial charge in [0.2, 0.25) is 0 Å². The highest BCUT2D eigenvalue weighted by Gasteiger charge is 2.24. The van der Waals surface area contributed by atoms with E-state index in [1.807, 2.05) is 13.8 Å². The van der Waals surface area contributed by atoms with Gasteiger partial charge < -0.3 is 11.1 Å². The standard InChI is InChI=1S/C9H20N2O2S/c1-9(2,10)7-11-8-3-5-14(12,13)6-4-8/h8,11H,3-7,10H2,1-2H3. The zero-order valence-corrected chi connectivity index (χ0v) is 9.73. The summed E-state index contributed by atoms with van der Waals surface area (Å²) in [4.78, 5) is 0. The van der Waals surface area contributed by atoms with Crippen LogP contribution in [0.2, 0.25) is 0 Å². The van der Waals surface area contributed by atoms with Crippen LogP contribution in [-0.4, -0.2) is 38.0 Å². The quantitative estimate of drug-likeness (QED) is 0.696. The minimum atomic E-state index is -2.74. The van der Waals surface area contributed by atoms with Crippen LogP contribution in [0, 0.1) is 0 Å². The lowest BCUT2D eigenvalue weighted by atomic mass is 10.1. The molecule has 1 rings (SSSR count). The molecule has 0 saturated carbocycles. The molecular weight excluding hydrogens is 200 g/mol. The van der Waals surface area contributed by atoms with Crippen molar-refractivity contribution in [2.45, 2.75) is 38.3 Å². The predicted octanol–water partition coefficient (Wildman–Crippen LogP) is -0.109. The van der Waals surface area contributed by atoms with Crippen LogP contribution in [0.3, 0.4) is 0 Å². The van der Waals surface area contributed by atoms with Gasteiger partial charge in [-0.25, -0.2) is 8.42 Å². The second-order valence-corrected chi connectivity index (χ2v) is 7.10. The van der Waals surface area contributed by atoms with Crippen molar-refractivity contribution < 1.29 is 8.42 Å². The smallest absolute Gasteiger partial charge is 0.150 e. The van der Waals surface area contributed by atoms with Crippen molar-refractivity contribution in [3.05, 3.63) is 0 Å². The van der Waals surface area contributed by atoms with E-state index in [1.165, 1.54) is 0 Å². The lowest BCUT2D eigenvalue weighted by Crippen LogP contribution is -2.48. The number of nitrogens with two attached hydrogens (primary N) is 1. The number of rotatable bonds is 3. The minimum Gasteiger partial charge on any atom is -0.324 e. The highest BCUT2D eigenvalue weighted by atomic mass is 32.2. The summed E-state index contributed by atoms with van der Waals surface area (Å²) < 4.78 is 22.3. The van der Waals surface area contributed by atoms with Crippen LogP contribution in [0.4, 0.5) is 0 Å². The van der Waals surface area contributed by atoms with Gasteiger partial charge in [0, 0.05) is 18.1 Å². The van der Waals surface area contributed by atoms with Gasteiger partial charge in [0.25, 0.3) is 0 Å². The number of hydrogen-bond acceptors (Lipinski definition) is 4. The first-order valence-corrected chi connectivity index (χ1v) is 6.83. The van der Waals surface area contributed by atoms with Crippen LogP contribution < -0.4 is 11.1 Å². The highest BCUT2D eigenvalue weighted by Crippen LogP contribution is 2.12. The summed E-state index contributed by atoms with van der Waals surface area (Å²) in [5, 5.41) is 3.31. The molecule has 1 heterocycles. The van der Waals surface area contributed by atoms with E-state index in [2.05, 4.69) is 5.32 Å². The van der Waals surface area contributed by atoms with Gasteiger partial charge >= 0.3 is 0 Å². The van der Waals surface area contributed by atoms with Crippen molar-refractivity contribution in [3.63, 3.8) is 0 Å². The van der Waals surface area contributed by atoms with Crippen LogP contribution in [0.1, 0.15) is 26.7 Å². The summed E-state index contributed by atoms with van der Waals surface area (Å²) in [5.74, 6) is 0.630. The van der Waals surface area contributed by atoms with E-state index in [0.29, 0.717) is 17.5 Å². The van der Waals surface area contributed by atoms with Crippen LogP contribution in [0.15, 0.2) is 0 Å². The Bertz CT molecular complexity index is 266. The Kier molecular flexibility index (Phi) is 3.55. The van der Waals surface area contributed by atoms with Crippen molar-refractivity contribution in [2.24, 2.45) is 5.73 Å². The van der Waals surface area contributed by atoms with Crippen molar-refractivity contribution >= 4 is 9.84 Å². The Morgan fingerprint density at radius 3 is 2.29 bits per heavy atom. The maximum Gasteiger partial charge on any atom is 0.150 e. The van der Waals surface area contributed by atoms with Gasteiger partial charge in [-0.2, -0.15) is 0 Å². The van der Waals surface area contributed by atoms with Gasteiger partial charge in [0.05, 0.1) is 11.5 Å². The van der Waals surface area contributed by atoms with Crippen molar-refractivity contribution in [3.8, 4) is 0 Å². The molecule has 0 aromatic carbocycles. The maximum atomic E-state index is 11.1. The van der Waals surface area contributed by atoms with Gasteiger partial charge in [-0.1, -0.05) is 0 Å². The van der Waals surface area contributed by atoms with Gasteiger partial charge in [0.1, 0.15) is 9.84 Å². The van der Waals surface area contributed by atoms with E-state index >= 15 is 0 Å². The molecule has 0 aromatic rings. The molecule has 84 valence electrons. The van der Waals surface area contributed by atoms with Crippen molar-refractivity contribution in [1.29, 1.82) is 0 Å². The van der Waals surface area contributed by atoms with E-state index in [9.17, 15) is 8.42 Å². The molecule has 0 amide bonds. The zero-order valence-electron chi connectivity index (χ0n) is 8.91. The molecule has 0 aliphatic carbocycles. The predicted molar refractivity (Wildman–Crippen MR) is 57.9 cm³/mol. The summed E-state index contributed by atoms with van der Waals surface area (Å²) in [7, 11) is -2.74. The fourth-order valence-electron chi connectivity index (χ4n) is 1.50. The lowest BCUT2D eigenvalue weighted by Gasteiger charge is -2.27. The molecule has 1 aliphatic heterocycles. The van der Waals surface area contributed by atoms with E-state index < -0.39 is 9.84 Å². The first kappa shape index (κ1) is 11.9. The van der Waals surface area contributed by atoms with E-state index in [4.69, 9.17) is 5.73 Å². The second-order valence-electron chi connectivity index (χ2n) is 4.80. The third-order valence-electron chi connectivity index (χ3n) is 2.40. The second kappa shape index (κ2) is 4.16. The van der Waals surface area contributed by atoms with Crippen LogP contribution in [0.25, 0.3) is 0 Å². The molecule has 4 nitrogen and oxygen atoms in total. The Hall–Kier alpha value is -0.130. The van der Waals surface area contributed by atoms with Crippen molar-refractivity contribution in [2.75, 3.05) is 18.1 Å². The molecule has 1 saturated heterocycles. The monoisotopic (exact) mass is 220 g/mol. The summed E-state index contributed by atoms with van der Waals surface area (Å²) >= 11 is 0. The van der Waals surface area contributed by atoms with Crippen molar-refractivity contribution in [1.82, 2.24) is 5.32 Å². The zero-order chi connectivity index (χ0) is 10.8. The van der Waals surface area contributed by atoms with Crippen LogP contribution in [-0.2, 0) is 9.84 Å². The molecular formula is C9H20N2O2S. The van der Waals surface area contributed by atoms with Gasteiger partial charge in [-0.15, -0.1) is 0 Å².